The molecule has 0 saturated carbocycles. The molecule has 0 aromatic heterocycles. The number of aliphatic imine (C=N–C) groups is 1. The second-order valence-corrected chi connectivity index (χ2v) is 3.80. The number of carbonyl (C=O) groups is 1. The van der Waals surface area contributed by atoms with Gasteiger partial charge >= 0.3 is 5.97 Å². The first-order valence-corrected chi connectivity index (χ1v) is 5.09. The van der Waals surface area contributed by atoms with Crippen molar-refractivity contribution in [2.45, 2.75) is 6.92 Å². The number of methoxy groups -OCH3 is 1. The summed E-state index contributed by atoms with van der Waals surface area (Å²) in [5, 5.41) is 9.63. The minimum atomic E-state index is -0.568. The fourth-order valence-electron chi connectivity index (χ4n) is 1.36. The van der Waals surface area contributed by atoms with E-state index in [0.29, 0.717) is 11.3 Å². The average Bonchev–Trinajstić information content (AvgIpc) is 2.27. The van der Waals surface area contributed by atoms with Gasteiger partial charge in [-0.2, -0.15) is 0 Å². The van der Waals surface area contributed by atoms with E-state index in [1.165, 1.54) is 13.2 Å². The van der Waals surface area contributed by atoms with Crippen molar-refractivity contribution in [3.05, 3.63) is 23.3 Å². The van der Waals surface area contributed by atoms with Crippen molar-refractivity contribution in [3.8, 4) is 5.75 Å². The van der Waals surface area contributed by atoms with Crippen molar-refractivity contribution in [2.75, 3.05) is 21.2 Å². The van der Waals surface area contributed by atoms with Crippen LogP contribution in [0.3, 0.4) is 0 Å². The third-order valence-electron chi connectivity index (χ3n) is 2.23. The Kier molecular flexibility index (Phi) is 4.09. The molecule has 0 atom stereocenters. The van der Waals surface area contributed by atoms with Crippen LogP contribution in [-0.4, -0.2) is 43.5 Å². The fraction of sp³-hybridized carbons (Fsp3) is 0.333. The summed E-state index contributed by atoms with van der Waals surface area (Å²) in [5.41, 5.74) is 1.37. The first-order valence-electron chi connectivity index (χ1n) is 5.09. The number of hydrogen-bond acceptors (Lipinski definition) is 4. The number of hydrogen-bond donors (Lipinski definition) is 1. The molecule has 0 bridgehead atoms. The summed E-state index contributed by atoms with van der Waals surface area (Å²) in [6.07, 6.45) is 1.63. The molecule has 0 unspecified atom stereocenters. The minimum absolute atomic E-state index is 0.0989. The highest BCUT2D eigenvalue weighted by Crippen LogP contribution is 2.29. The summed E-state index contributed by atoms with van der Waals surface area (Å²) in [7, 11) is 4.97. The summed E-state index contributed by atoms with van der Waals surface area (Å²) in [4.78, 5) is 17.5. The van der Waals surface area contributed by atoms with E-state index in [0.717, 1.165) is 0 Å². The van der Waals surface area contributed by atoms with Gasteiger partial charge < -0.3 is 14.7 Å². The molecule has 0 radical (unpaired) electrons. The van der Waals surface area contributed by atoms with E-state index >= 15 is 0 Å². The molecular formula is C12H16N2O3. The van der Waals surface area contributed by atoms with Crippen molar-refractivity contribution < 1.29 is 14.6 Å². The average molecular weight is 236 g/mol. The standard InChI is InChI=1S/C12H16N2O3/c1-8-9(13-7-14(2)3)5-6-10(15)11(8)12(16)17-4/h5-7,15H,1-4H3. The maximum Gasteiger partial charge on any atom is 0.341 e. The van der Waals surface area contributed by atoms with E-state index in [2.05, 4.69) is 9.73 Å². The van der Waals surface area contributed by atoms with Gasteiger partial charge in [-0.15, -0.1) is 0 Å². The normalized spacial score (nSPS) is 10.6. The van der Waals surface area contributed by atoms with Gasteiger partial charge in [0.1, 0.15) is 11.3 Å². The summed E-state index contributed by atoms with van der Waals surface area (Å²) >= 11 is 0. The molecule has 1 N–H and O–H groups in total. The highest BCUT2D eigenvalue weighted by Gasteiger charge is 2.16. The van der Waals surface area contributed by atoms with Gasteiger partial charge in [0.2, 0.25) is 0 Å². The van der Waals surface area contributed by atoms with Gasteiger partial charge in [-0.05, 0) is 24.6 Å². The topological polar surface area (TPSA) is 62.1 Å². The molecule has 0 saturated heterocycles. The van der Waals surface area contributed by atoms with Crippen LogP contribution in [0.2, 0.25) is 0 Å². The largest absolute Gasteiger partial charge is 0.507 e. The number of phenolic OH excluding ortho intramolecular Hbond substituents is 1. The van der Waals surface area contributed by atoms with Crippen LogP contribution in [0.25, 0.3) is 0 Å². The number of aromatic hydroxyl groups is 1. The Hall–Kier alpha value is -2.04. The van der Waals surface area contributed by atoms with Gasteiger partial charge in [0.15, 0.2) is 0 Å². The fourth-order valence-corrected chi connectivity index (χ4v) is 1.36. The lowest BCUT2D eigenvalue weighted by atomic mass is 10.1. The van der Waals surface area contributed by atoms with Crippen LogP contribution in [-0.2, 0) is 4.74 Å². The van der Waals surface area contributed by atoms with Crippen molar-refractivity contribution in [3.63, 3.8) is 0 Å². The summed E-state index contributed by atoms with van der Waals surface area (Å²) in [5.74, 6) is -0.667. The lowest BCUT2D eigenvalue weighted by molar-refractivity contribution is 0.0596. The van der Waals surface area contributed by atoms with Crippen LogP contribution in [0.4, 0.5) is 5.69 Å². The van der Waals surface area contributed by atoms with E-state index < -0.39 is 5.97 Å². The maximum absolute atomic E-state index is 11.5. The number of carbonyl (C=O) groups excluding carboxylic acids is 1. The lowest BCUT2D eigenvalue weighted by Crippen LogP contribution is -2.08. The molecule has 1 aromatic carbocycles. The SMILES string of the molecule is COC(=O)c1c(O)ccc(N=CN(C)C)c1C. The van der Waals surface area contributed by atoms with Gasteiger partial charge in [0.25, 0.3) is 0 Å². The second-order valence-electron chi connectivity index (χ2n) is 3.80. The summed E-state index contributed by atoms with van der Waals surface area (Å²) in [6.45, 7) is 1.72. The van der Waals surface area contributed by atoms with Crippen molar-refractivity contribution in [1.29, 1.82) is 0 Å². The van der Waals surface area contributed by atoms with Gasteiger partial charge in [-0.25, -0.2) is 9.79 Å². The molecule has 0 amide bonds. The molecule has 0 aliphatic carbocycles. The molecule has 92 valence electrons. The first kappa shape index (κ1) is 13.0. The molecule has 1 aromatic rings. The maximum atomic E-state index is 11.5. The summed E-state index contributed by atoms with van der Waals surface area (Å²) < 4.78 is 4.62. The van der Waals surface area contributed by atoms with Crippen LogP contribution < -0.4 is 0 Å². The van der Waals surface area contributed by atoms with Crippen LogP contribution in [0.1, 0.15) is 15.9 Å². The molecule has 0 spiro atoms. The zero-order valence-electron chi connectivity index (χ0n) is 10.4. The first-order chi connectivity index (χ1) is 7.97. The second kappa shape index (κ2) is 5.34. The molecule has 0 fully saturated rings. The Morgan fingerprint density at radius 1 is 1.47 bits per heavy atom. The minimum Gasteiger partial charge on any atom is -0.507 e. The Labute approximate surface area is 100 Å². The Bertz CT molecular complexity index is 453. The van der Waals surface area contributed by atoms with Crippen LogP contribution in [0, 0.1) is 6.92 Å². The van der Waals surface area contributed by atoms with E-state index in [1.807, 2.05) is 14.1 Å². The molecule has 5 heteroatoms. The van der Waals surface area contributed by atoms with Crippen LogP contribution in [0.5, 0.6) is 5.75 Å². The predicted molar refractivity (Wildman–Crippen MR) is 66.0 cm³/mol. The number of rotatable bonds is 3. The molecule has 0 aliphatic rings. The highest BCUT2D eigenvalue weighted by molar-refractivity contribution is 5.95. The third-order valence-corrected chi connectivity index (χ3v) is 2.23. The van der Waals surface area contributed by atoms with Crippen LogP contribution in [0.15, 0.2) is 17.1 Å². The van der Waals surface area contributed by atoms with Gasteiger partial charge in [-0.3, -0.25) is 0 Å². The quantitative estimate of drug-likeness (QED) is 0.493. The summed E-state index contributed by atoms with van der Waals surface area (Å²) in [6, 6.07) is 3.08. The van der Waals surface area contributed by atoms with Crippen molar-refractivity contribution in [2.24, 2.45) is 4.99 Å². The number of esters is 1. The number of benzene rings is 1. The Morgan fingerprint density at radius 3 is 2.65 bits per heavy atom. The monoisotopic (exact) mass is 236 g/mol. The highest BCUT2D eigenvalue weighted by atomic mass is 16.5. The molecule has 17 heavy (non-hydrogen) atoms. The van der Waals surface area contributed by atoms with Crippen molar-refractivity contribution in [1.82, 2.24) is 4.90 Å². The van der Waals surface area contributed by atoms with Gasteiger partial charge in [0.05, 0.1) is 19.1 Å². The number of nitrogens with zero attached hydrogens (tertiary/aromatic N) is 2. The Morgan fingerprint density at radius 2 is 2.12 bits per heavy atom. The van der Waals surface area contributed by atoms with E-state index in [1.54, 1.807) is 24.2 Å². The predicted octanol–water partition coefficient (Wildman–Crippen LogP) is 1.71. The zero-order valence-corrected chi connectivity index (χ0v) is 10.4. The number of phenols is 1. The van der Waals surface area contributed by atoms with Gasteiger partial charge in [0, 0.05) is 14.1 Å². The van der Waals surface area contributed by atoms with E-state index in [4.69, 9.17) is 0 Å². The number of ether oxygens (including phenoxy) is 1. The van der Waals surface area contributed by atoms with E-state index in [9.17, 15) is 9.90 Å². The molecule has 5 nitrogen and oxygen atoms in total. The van der Waals surface area contributed by atoms with Crippen molar-refractivity contribution >= 4 is 18.0 Å². The lowest BCUT2D eigenvalue weighted by Gasteiger charge is -2.09. The molecule has 0 aliphatic heterocycles. The molecule has 0 heterocycles. The molecular weight excluding hydrogens is 220 g/mol. The Balaban J connectivity index is 3.24. The van der Waals surface area contributed by atoms with Gasteiger partial charge in [-0.1, -0.05) is 0 Å². The smallest absolute Gasteiger partial charge is 0.341 e. The zero-order chi connectivity index (χ0) is 13.0. The van der Waals surface area contributed by atoms with E-state index in [-0.39, 0.29) is 11.3 Å². The third kappa shape index (κ3) is 2.96. The molecule has 1 rings (SSSR count). The van der Waals surface area contributed by atoms with Crippen LogP contribution >= 0.6 is 0 Å².